The van der Waals surface area contributed by atoms with Gasteiger partial charge in [0.05, 0.1) is 12.0 Å². The molecule has 124 valence electrons. The monoisotopic (exact) mass is 337 g/mol. The molecule has 23 heavy (non-hydrogen) atoms. The van der Waals surface area contributed by atoms with Crippen molar-refractivity contribution in [3.8, 4) is 5.75 Å². The Kier molecular flexibility index (Phi) is 4.30. The van der Waals surface area contributed by atoms with E-state index < -0.39 is 16.2 Å². The van der Waals surface area contributed by atoms with Gasteiger partial charge >= 0.3 is 6.16 Å². The fourth-order valence-corrected chi connectivity index (χ4v) is 4.44. The van der Waals surface area contributed by atoms with E-state index in [0.717, 1.165) is 31.4 Å². The first-order chi connectivity index (χ1) is 11.0. The van der Waals surface area contributed by atoms with Crippen molar-refractivity contribution < 1.29 is 22.7 Å². The number of hydrogen-bond acceptors (Lipinski definition) is 5. The molecule has 1 heterocycles. The van der Waals surface area contributed by atoms with Gasteiger partial charge in [-0.15, -0.1) is 0 Å². The molecule has 3 rings (SSSR count). The molecule has 0 radical (unpaired) electrons. The van der Waals surface area contributed by atoms with E-state index in [2.05, 4.69) is 9.46 Å². The van der Waals surface area contributed by atoms with Crippen LogP contribution in [0.5, 0.6) is 5.75 Å². The highest BCUT2D eigenvalue weighted by Crippen LogP contribution is 2.35. The molecule has 1 N–H and O–H groups in total. The number of nitrogens with one attached hydrogen (secondary N) is 1. The second-order valence-electron chi connectivity index (χ2n) is 5.80. The smallest absolute Gasteiger partial charge is 0.437 e. The highest BCUT2D eigenvalue weighted by atomic mass is 32.2. The van der Waals surface area contributed by atoms with Crippen molar-refractivity contribution in [3.63, 3.8) is 0 Å². The van der Waals surface area contributed by atoms with Crippen molar-refractivity contribution in [2.75, 3.05) is 7.11 Å². The Morgan fingerprint density at radius 1 is 1.22 bits per heavy atom. The molecule has 0 saturated heterocycles. The summed E-state index contributed by atoms with van der Waals surface area (Å²) in [6.07, 6.45) is 6.48. The van der Waals surface area contributed by atoms with Crippen molar-refractivity contribution >= 4 is 22.3 Å². The summed E-state index contributed by atoms with van der Waals surface area (Å²) in [5.74, 6) is 0.396. The fraction of sp³-hybridized carbons (Fsp3) is 0.438. The minimum Gasteiger partial charge on any atom is -0.437 e. The maximum atomic E-state index is 12.5. The van der Waals surface area contributed by atoms with Gasteiger partial charge in [0, 0.05) is 11.8 Å². The van der Waals surface area contributed by atoms with Crippen LogP contribution in [0.3, 0.4) is 0 Å². The second kappa shape index (κ2) is 6.23. The van der Waals surface area contributed by atoms with Gasteiger partial charge < -0.3 is 9.47 Å². The molecule has 0 unspecified atom stereocenters. The van der Waals surface area contributed by atoms with E-state index >= 15 is 0 Å². The predicted molar refractivity (Wildman–Crippen MR) is 84.3 cm³/mol. The van der Waals surface area contributed by atoms with E-state index in [1.165, 1.54) is 19.6 Å². The summed E-state index contributed by atoms with van der Waals surface area (Å²) in [4.78, 5) is 11.3. The molecule has 6 nitrogen and oxygen atoms in total. The van der Waals surface area contributed by atoms with Gasteiger partial charge in [0.25, 0.3) is 10.0 Å². The Labute approximate surface area is 135 Å². The molecule has 7 heteroatoms. The summed E-state index contributed by atoms with van der Waals surface area (Å²) in [5, 5.41) is 0. The van der Waals surface area contributed by atoms with Crippen LogP contribution in [0, 0.1) is 5.92 Å². The molecular weight excluding hydrogens is 318 g/mol. The Hall–Kier alpha value is -2.02. The first kappa shape index (κ1) is 15.9. The SMILES string of the molecule is COC(=O)Oc1ccc2c(c1)S(=O)(=O)NC(C1CCCCC1)=C2. The summed E-state index contributed by atoms with van der Waals surface area (Å²) in [6, 6.07) is 4.54. The summed E-state index contributed by atoms with van der Waals surface area (Å²) in [6.45, 7) is 0. The molecular formula is C16H19NO5S. The van der Waals surface area contributed by atoms with E-state index in [9.17, 15) is 13.2 Å². The highest BCUT2D eigenvalue weighted by Gasteiger charge is 2.29. The van der Waals surface area contributed by atoms with Gasteiger partial charge in [0.2, 0.25) is 0 Å². The van der Waals surface area contributed by atoms with Crippen LogP contribution in [-0.4, -0.2) is 21.7 Å². The van der Waals surface area contributed by atoms with Crippen LogP contribution < -0.4 is 9.46 Å². The summed E-state index contributed by atoms with van der Waals surface area (Å²) in [7, 11) is -2.46. The summed E-state index contributed by atoms with van der Waals surface area (Å²) >= 11 is 0. The number of sulfonamides is 1. The lowest BCUT2D eigenvalue weighted by Crippen LogP contribution is -2.31. The molecule has 1 aromatic rings. The number of allylic oxidation sites excluding steroid dienone is 1. The normalized spacial score (nSPS) is 20.0. The lowest BCUT2D eigenvalue weighted by molar-refractivity contribution is 0.121. The van der Waals surface area contributed by atoms with Crippen molar-refractivity contribution in [1.29, 1.82) is 0 Å². The van der Waals surface area contributed by atoms with Gasteiger partial charge in [0.1, 0.15) is 5.75 Å². The van der Waals surface area contributed by atoms with E-state index in [0.29, 0.717) is 5.56 Å². The summed E-state index contributed by atoms with van der Waals surface area (Å²) in [5.41, 5.74) is 1.38. The lowest BCUT2D eigenvalue weighted by Gasteiger charge is -2.28. The second-order valence-corrected chi connectivity index (χ2v) is 7.45. The van der Waals surface area contributed by atoms with E-state index in [1.54, 1.807) is 12.1 Å². The van der Waals surface area contributed by atoms with Gasteiger partial charge in [-0.1, -0.05) is 19.3 Å². The maximum Gasteiger partial charge on any atom is 0.513 e. The van der Waals surface area contributed by atoms with Gasteiger partial charge in [-0.25, -0.2) is 13.2 Å². The molecule has 0 bridgehead atoms. The molecule has 1 saturated carbocycles. The topological polar surface area (TPSA) is 81.7 Å². The average molecular weight is 337 g/mol. The van der Waals surface area contributed by atoms with Crippen molar-refractivity contribution in [2.24, 2.45) is 5.92 Å². The Balaban J connectivity index is 1.94. The third-order valence-corrected chi connectivity index (χ3v) is 5.69. The molecule has 0 atom stereocenters. The molecule has 1 aliphatic heterocycles. The number of carbonyl (C=O) groups is 1. The lowest BCUT2D eigenvalue weighted by atomic mass is 9.86. The minimum atomic E-state index is -3.66. The first-order valence-electron chi connectivity index (χ1n) is 7.64. The van der Waals surface area contributed by atoms with E-state index in [4.69, 9.17) is 4.74 Å². The third-order valence-electron chi connectivity index (χ3n) is 4.25. The number of carbonyl (C=O) groups excluding carboxylic acids is 1. The van der Waals surface area contributed by atoms with Gasteiger partial charge in [-0.05, 0) is 42.5 Å². The highest BCUT2D eigenvalue weighted by molar-refractivity contribution is 7.89. The van der Waals surface area contributed by atoms with Gasteiger partial charge in [0.15, 0.2) is 0 Å². The molecule has 1 fully saturated rings. The molecule has 0 spiro atoms. The molecule has 0 amide bonds. The van der Waals surface area contributed by atoms with Crippen LogP contribution in [0.15, 0.2) is 28.8 Å². The largest absolute Gasteiger partial charge is 0.513 e. The Morgan fingerprint density at radius 2 is 1.96 bits per heavy atom. The van der Waals surface area contributed by atoms with Crippen molar-refractivity contribution in [3.05, 3.63) is 29.5 Å². The quantitative estimate of drug-likeness (QED) is 0.662. The number of methoxy groups -OCH3 is 1. The Bertz CT molecular complexity index is 748. The number of hydrogen-bond donors (Lipinski definition) is 1. The molecule has 2 aliphatic rings. The maximum absolute atomic E-state index is 12.5. The number of ether oxygens (including phenoxy) is 2. The van der Waals surface area contributed by atoms with Crippen LogP contribution in [0.25, 0.3) is 6.08 Å². The van der Waals surface area contributed by atoms with Crippen molar-refractivity contribution in [1.82, 2.24) is 4.72 Å². The zero-order chi connectivity index (χ0) is 16.4. The van der Waals surface area contributed by atoms with Crippen molar-refractivity contribution in [2.45, 2.75) is 37.0 Å². The molecule has 1 aliphatic carbocycles. The average Bonchev–Trinajstić information content (AvgIpc) is 2.55. The van der Waals surface area contributed by atoms with Gasteiger partial charge in [-0.2, -0.15) is 0 Å². The third kappa shape index (κ3) is 3.34. The van der Waals surface area contributed by atoms with E-state index in [1.807, 2.05) is 6.08 Å². The first-order valence-corrected chi connectivity index (χ1v) is 9.12. The zero-order valence-electron chi connectivity index (χ0n) is 12.9. The van der Waals surface area contributed by atoms with Crippen LogP contribution in [0.2, 0.25) is 0 Å². The summed E-state index contributed by atoms with van der Waals surface area (Å²) < 4.78 is 37.0. The Morgan fingerprint density at radius 3 is 2.65 bits per heavy atom. The number of fused-ring (bicyclic) bond motifs is 1. The fourth-order valence-electron chi connectivity index (χ4n) is 3.09. The number of benzene rings is 1. The standard InChI is InChI=1S/C16H19NO5S/c1-21-16(18)22-13-8-7-12-9-14(11-5-3-2-4-6-11)17-23(19,20)15(12)10-13/h7-11,17H,2-6H2,1H3. The molecule has 1 aromatic carbocycles. The number of rotatable bonds is 2. The van der Waals surface area contributed by atoms with Crippen LogP contribution in [-0.2, 0) is 14.8 Å². The van der Waals surface area contributed by atoms with Crippen LogP contribution >= 0.6 is 0 Å². The van der Waals surface area contributed by atoms with E-state index in [-0.39, 0.29) is 16.6 Å². The minimum absolute atomic E-state index is 0.110. The van der Waals surface area contributed by atoms with Crippen LogP contribution in [0.4, 0.5) is 4.79 Å². The van der Waals surface area contributed by atoms with Gasteiger partial charge in [-0.3, -0.25) is 4.72 Å². The molecule has 0 aromatic heterocycles. The predicted octanol–water partition coefficient (Wildman–Crippen LogP) is 3.04. The zero-order valence-corrected chi connectivity index (χ0v) is 13.7. The van der Waals surface area contributed by atoms with Crippen LogP contribution in [0.1, 0.15) is 37.7 Å².